The van der Waals surface area contributed by atoms with E-state index in [1.54, 1.807) is 13.8 Å². The summed E-state index contributed by atoms with van der Waals surface area (Å²) < 4.78 is 9.84. The van der Waals surface area contributed by atoms with E-state index in [9.17, 15) is 9.59 Å². The lowest BCUT2D eigenvalue weighted by molar-refractivity contribution is -0.146. The zero-order valence-electron chi connectivity index (χ0n) is 10.0. The molecule has 5 nitrogen and oxygen atoms in total. The summed E-state index contributed by atoms with van der Waals surface area (Å²) >= 11 is 0. The highest BCUT2D eigenvalue weighted by atomic mass is 16.6. The van der Waals surface area contributed by atoms with Crippen LogP contribution >= 0.6 is 0 Å². The van der Waals surface area contributed by atoms with E-state index in [1.165, 1.54) is 0 Å². The molecule has 0 rings (SSSR count). The first-order chi connectivity index (χ1) is 7.96. The number of ether oxygens (including phenoxy) is 2. The van der Waals surface area contributed by atoms with Gasteiger partial charge in [0.25, 0.3) is 0 Å². The number of carbonyl (C=O) groups is 2. The SMILES string of the molecule is C=CC(=O)OC(C)[C](CO)C(C)OC(=O)C=C. The first-order valence-electron chi connectivity index (χ1n) is 5.08. The Hall–Kier alpha value is -1.62. The van der Waals surface area contributed by atoms with Gasteiger partial charge in [-0.15, -0.1) is 0 Å². The van der Waals surface area contributed by atoms with Crippen LogP contribution in [-0.2, 0) is 19.1 Å². The molecule has 0 aromatic heterocycles. The summed E-state index contributed by atoms with van der Waals surface area (Å²) in [7, 11) is 0. The molecule has 0 aliphatic carbocycles. The number of aliphatic hydroxyl groups is 1. The minimum atomic E-state index is -0.668. The maximum atomic E-state index is 11.0. The van der Waals surface area contributed by atoms with Crippen LogP contribution in [0, 0.1) is 5.92 Å². The van der Waals surface area contributed by atoms with Crippen LogP contribution in [0.1, 0.15) is 13.8 Å². The van der Waals surface area contributed by atoms with Crippen molar-refractivity contribution in [3.8, 4) is 0 Å². The summed E-state index contributed by atoms with van der Waals surface area (Å²) in [5.74, 6) is -0.827. The summed E-state index contributed by atoms with van der Waals surface area (Å²) in [5, 5.41) is 9.17. The molecule has 0 saturated carbocycles. The molecular formula is C12H17O5. The second-order valence-corrected chi connectivity index (χ2v) is 3.30. The lowest BCUT2D eigenvalue weighted by atomic mass is 9.99. The Bertz CT molecular complexity index is 269. The highest BCUT2D eigenvalue weighted by Crippen LogP contribution is 2.18. The monoisotopic (exact) mass is 241 g/mol. The van der Waals surface area contributed by atoms with Gasteiger partial charge in [0.1, 0.15) is 12.2 Å². The standard InChI is InChI=1S/C12H17O5/c1-5-11(14)16-8(3)10(7-13)9(4)17-12(15)6-2/h5-6,8-9,13H,1-2,7H2,3-4H3. The van der Waals surface area contributed by atoms with Crippen LogP contribution in [0.25, 0.3) is 0 Å². The number of esters is 2. The van der Waals surface area contributed by atoms with Crippen molar-refractivity contribution in [1.82, 2.24) is 0 Å². The Kier molecular flexibility index (Phi) is 6.89. The molecule has 0 heterocycles. The molecule has 2 unspecified atom stereocenters. The van der Waals surface area contributed by atoms with E-state index >= 15 is 0 Å². The van der Waals surface area contributed by atoms with Crippen molar-refractivity contribution < 1.29 is 24.2 Å². The summed E-state index contributed by atoms with van der Waals surface area (Å²) in [6.07, 6.45) is 0.703. The molecule has 0 amide bonds. The van der Waals surface area contributed by atoms with Crippen LogP contribution in [0.4, 0.5) is 0 Å². The Morgan fingerprint density at radius 2 is 1.47 bits per heavy atom. The third kappa shape index (κ3) is 5.31. The smallest absolute Gasteiger partial charge is 0.330 e. The predicted octanol–water partition coefficient (Wildman–Crippen LogP) is 0.789. The molecule has 2 atom stereocenters. The molecular weight excluding hydrogens is 224 g/mol. The van der Waals surface area contributed by atoms with E-state index in [0.29, 0.717) is 5.92 Å². The summed E-state index contributed by atoms with van der Waals surface area (Å²) in [6.45, 7) is 9.32. The Morgan fingerprint density at radius 1 is 1.12 bits per heavy atom. The van der Waals surface area contributed by atoms with Gasteiger partial charge in [-0.3, -0.25) is 0 Å². The molecule has 1 radical (unpaired) electrons. The average Bonchev–Trinajstić information content (AvgIpc) is 2.29. The van der Waals surface area contributed by atoms with E-state index in [-0.39, 0.29) is 6.61 Å². The quantitative estimate of drug-likeness (QED) is 0.527. The van der Waals surface area contributed by atoms with E-state index in [0.717, 1.165) is 12.2 Å². The van der Waals surface area contributed by atoms with Gasteiger partial charge in [0.05, 0.1) is 12.5 Å². The van der Waals surface area contributed by atoms with Crippen LogP contribution in [0.5, 0.6) is 0 Å². The fourth-order valence-corrected chi connectivity index (χ4v) is 1.18. The fraction of sp³-hybridized carbons (Fsp3) is 0.417. The highest BCUT2D eigenvalue weighted by molar-refractivity contribution is 5.82. The van der Waals surface area contributed by atoms with Crippen molar-refractivity contribution in [3.05, 3.63) is 31.2 Å². The fourth-order valence-electron chi connectivity index (χ4n) is 1.18. The summed E-state index contributed by atoms with van der Waals surface area (Å²) in [4.78, 5) is 22.0. The van der Waals surface area contributed by atoms with Crippen molar-refractivity contribution in [2.45, 2.75) is 26.1 Å². The molecule has 17 heavy (non-hydrogen) atoms. The summed E-state index contributed by atoms with van der Waals surface area (Å²) in [6, 6.07) is 0. The number of hydrogen-bond donors (Lipinski definition) is 1. The van der Waals surface area contributed by atoms with Gasteiger partial charge in [-0.05, 0) is 13.8 Å². The van der Waals surface area contributed by atoms with E-state index in [1.807, 2.05) is 0 Å². The Labute approximate surface area is 101 Å². The third-order valence-corrected chi connectivity index (χ3v) is 2.15. The van der Waals surface area contributed by atoms with Crippen molar-refractivity contribution in [2.75, 3.05) is 6.61 Å². The first kappa shape index (κ1) is 15.4. The number of carbonyl (C=O) groups excluding carboxylic acids is 2. The van der Waals surface area contributed by atoms with E-state index in [2.05, 4.69) is 13.2 Å². The number of hydrogen-bond acceptors (Lipinski definition) is 5. The van der Waals surface area contributed by atoms with Crippen LogP contribution in [0.15, 0.2) is 25.3 Å². The molecule has 0 bridgehead atoms. The molecule has 95 valence electrons. The normalized spacial score (nSPS) is 13.6. The molecule has 0 aliphatic heterocycles. The van der Waals surface area contributed by atoms with Crippen molar-refractivity contribution >= 4 is 11.9 Å². The molecule has 0 spiro atoms. The van der Waals surface area contributed by atoms with Gasteiger partial charge in [-0.1, -0.05) is 13.2 Å². The van der Waals surface area contributed by atoms with E-state index < -0.39 is 24.1 Å². The van der Waals surface area contributed by atoms with Crippen molar-refractivity contribution in [3.63, 3.8) is 0 Å². The first-order valence-corrected chi connectivity index (χ1v) is 5.08. The number of aliphatic hydroxyl groups excluding tert-OH is 1. The molecule has 0 aliphatic rings. The Morgan fingerprint density at radius 3 is 1.71 bits per heavy atom. The lowest BCUT2D eigenvalue weighted by Crippen LogP contribution is -2.34. The van der Waals surface area contributed by atoms with Crippen LogP contribution in [0.2, 0.25) is 0 Å². The largest absolute Gasteiger partial charge is 0.459 e. The maximum absolute atomic E-state index is 11.0. The van der Waals surface area contributed by atoms with Crippen molar-refractivity contribution in [1.29, 1.82) is 0 Å². The van der Waals surface area contributed by atoms with Crippen molar-refractivity contribution in [2.24, 2.45) is 0 Å². The van der Waals surface area contributed by atoms with Gasteiger partial charge in [0.2, 0.25) is 0 Å². The lowest BCUT2D eigenvalue weighted by Gasteiger charge is -2.26. The third-order valence-electron chi connectivity index (χ3n) is 2.15. The van der Waals surface area contributed by atoms with Crippen LogP contribution in [0.3, 0.4) is 0 Å². The second kappa shape index (κ2) is 7.62. The minimum Gasteiger partial charge on any atom is -0.459 e. The van der Waals surface area contributed by atoms with Gasteiger partial charge in [-0.25, -0.2) is 9.59 Å². The van der Waals surface area contributed by atoms with Gasteiger partial charge < -0.3 is 14.6 Å². The number of rotatable bonds is 7. The molecule has 0 saturated heterocycles. The molecule has 5 heteroatoms. The average molecular weight is 241 g/mol. The maximum Gasteiger partial charge on any atom is 0.330 e. The van der Waals surface area contributed by atoms with Gasteiger partial charge in [-0.2, -0.15) is 0 Å². The van der Waals surface area contributed by atoms with E-state index in [4.69, 9.17) is 14.6 Å². The highest BCUT2D eigenvalue weighted by Gasteiger charge is 2.28. The summed E-state index contributed by atoms with van der Waals surface area (Å²) in [5.41, 5.74) is 0. The van der Waals surface area contributed by atoms with Gasteiger partial charge in [0.15, 0.2) is 0 Å². The van der Waals surface area contributed by atoms with Gasteiger partial charge >= 0.3 is 11.9 Å². The van der Waals surface area contributed by atoms with Crippen LogP contribution in [-0.4, -0.2) is 35.9 Å². The van der Waals surface area contributed by atoms with Gasteiger partial charge in [0, 0.05) is 12.2 Å². The zero-order valence-corrected chi connectivity index (χ0v) is 10.0. The molecule has 0 aromatic carbocycles. The minimum absolute atomic E-state index is 0.350. The Balaban J connectivity index is 4.47. The topological polar surface area (TPSA) is 72.8 Å². The zero-order chi connectivity index (χ0) is 13.4. The molecule has 0 aromatic rings. The predicted molar refractivity (Wildman–Crippen MR) is 61.8 cm³/mol. The second-order valence-electron chi connectivity index (χ2n) is 3.30. The molecule has 0 fully saturated rings. The molecule has 1 N–H and O–H groups in total. The van der Waals surface area contributed by atoms with Crippen LogP contribution < -0.4 is 0 Å².